The van der Waals surface area contributed by atoms with Crippen LogP contribution in [0.3, 0.4) is 0 Å². The van der Waals surface area contributed by atoms with Crippen molar-refractivity contribution in [3.63, 3.8) is 0 Å². The van der Waals surface area contributed by atoms with E-state index in [0.29, 0.717) is 34.5 Å². The van der Waals surface area contributed by atoms with Crippen LogP contribution in [0.1, 0.15) is 22.0 Å². The fourth-order valence-corrected chi connectivity index (χ4v) is 4.26. The molecule has 0 aliphatic carbocycles. The van der Waals surface area contributed by atoms with Crippen molar-refractivity contribution >= 4 is 44.9 Å². The van der Waals surface area contributed by atoms with Crippen molar-refractivity contribution < 1.29 is 18.8 Å². The number of rotatable bonds is 8. The molecule has 3 heterocycles. The van der Waals surface area contributed by atoms with Crippen LogP contribution in [0.4, 0.5) is 0 Å². The van der Waals surface area contributed by atoms with Crippen LogP contribution >= 0.6 is 22.9 Å². The number of thiophene rings is 1. The molecule has 3 aromatic heterocycles. The Bertz CT molecular complexity index is 1210. The molecule has 0 spiro atoms. The first kappa shape index (κ1) is 21.0. The van der Waals surface area contributed by atoms with Crippen LogP contribution in [0.15, 0.2) is 53.3 Å². The van der Waals surface area contributed by atoms with Gasteiger partial charge in [-0.15, -0.1) is 11.3 Å². The zero-order valence-corrected chi connectivity index (χ0v) is 17.8. The van der Waals surface area contributed by atoms with Crippen molar-refractivity contribution in [1.29, 1.82) is 0 Å². The van der Waals surface area contributed by atoms with Crippen LogP contribution in [0, 0.1) is 0 Å². The quantitative estimate of drug-likeness (QED) is 0.316. The molecule has 8 nitrogen and oxygen atoms in total. The predicted molar refractivity (Wildman–Crippen MR) is 116 cm³/mol. The molecular formula is C21H17ClN4O4S. The Morgan fingerprint density at radius 3 is 2.87 bits per heavy atom. The summed E-state index contributed by atoms with van der Waals surface area (Å²) in [5.41, 5.74) is 0.762. The summed E-state index contributed by atoms with van der Waals surface area (Å²) in [5.74, 6) is -0.0329. The number of nitrogens with zero attached hydrogens (tertiary/aromatic N) is 3. The van der Waals surface area contributed by atoms with Gasteiger partial charge in [0.15, 0.2) is 0 Å². The van der Waals surface area contributed by atoms with E-state index in [4.69, 9.17) is 20.9 Å². The Morgan fingerprint density at radius 1 is 1.19 bits per heavy atom. The molecule has 4 aromatic rings. The van der Waals surface area contributed by atoms with Crippen molar-refractivity contribution in [2.45, 2.75) is 12.8 Å². The highest BCUT2D eigenvalue weighted by Crippen LogP contribution is 2.34. The number of halogens is 1. The van der Waals surface area contributed by atoms with Gasteiger partial charge in [0.2, 0.25) is 11.7 Å². The van der Waals surface area contributed by atoms with E-state index in [1.165, 1.54) is 11.3 Å². The number of ether oxygens (including phenoxy) is 1. The lowest BCUT2D eigenvalue weighted by molar-refractivity contribution is -0.142. The lowest BCUT2D eigenvalue weighted by Crippen LogP contribution is -2.30. The topological polar surface area (TPSA) is 107 Å². The molecule has 1 amide bonds. The van der Waals surface area contributed by atoms with Crippen molar-refractivity contribution in [3.8, 4) is 11.4 Å². The average Bonchev–Trinajstić information content (AvgIpc) is 3.41. The Kier molecular flexibility index (Phi) is 6.54. The van der Waals surface area contributed by atoms with Crippen LogP contribution in [0.2, 0.25) is 5.02 Å². The second-order valence-electron chi connectivity index (χ2n) is 6.50. The van der Waals surface area contributed by atoms with Gasteiger partial charge in [-0.05, 0) is 24.6 Å². The molecule has 31 heavy (non-hydrogen) atoms. The molecule has 1 N–H and O–H groups in total. The first-order chi connectivity index (χ1) is 15.1. The maximum atomic E-state index is 12.3. The number of benzene rings is 1. The summed E-state index contributed by atoms with van der Waals surface area (Å²) in [6, 6.07) is 11.1. The molecular weight excluding hydrogens is 440 g/mol. The molecule has 10 heteroatoms. The normalized spacial score (nSPS) is 10.9. The van der Waals surface area contributed by atoms with E-state index < -0.39 is 11.9 Å². The molecule has 0 unspecified atom stereocenters. The maximum absolute atomic E-state index is 12.3. The summed E-state index contributed by atoms with van der Waals surface area (Å²) in [4.78, 5) is 32.9. The second-order valence-corrected chi connectivity index (χ2v) is 7.93. The highest BCUT2D eigenvalue weighted by molar-refractivity contribution is 7.21. The van der Waals surface area contributed by atoms with Gasteiger partial charge in [-0.25, -0.2) is 0 Å². The molecule has 0 saturated heterocycles. The van der Waals surface area contributed by atoms with E-state index in [2.05, 4.69) is 20.4 Å². The fourth-order valence-electron chi connectivity index (χ4n) is 2.82. The lowest BCUT2D eigenvalue weighted by Gasteiger charge is -2.05. The monoisotopic (exact) mass is 456 g/mol. The van der Waals surface area contributed by atoms with E-state index >= 15 is 0 Å². The van der Waals surface area contributed by atoms with Crippen molar-refractivity contribution in [3.05, 3.63) is 64.6 Å². The van der Waals surface area contributed by atoms with Gasteiger partial charge in [0, 0.05) is 34.5 Å². The number of carbonyl (C=O) groups excluding carboxylic acids is 2. The SMILES string of the molecule is O=C(CNC(=O)c1sc2ccccc2c1Cl)OCCCc1nc(-c2cccnc2)no1. The molecule has 4 rings (SSSR count). The third-order valence-corrected chi connectivity index (χ3v) is 5.99. The molecule has 0 aliphatic heterocycles. The molecule has 0 atom stereocenters. The summed E-state index contributed by atoms with van der Waals surface area (Å²) in [6.07, 6.45) is 4.29. The van der Waals surface area contributed by atoms with E-state index in [9.17, 15) is 9.59 Å². The Hall–Kier alpha value is -3.30. The minimum absolute atomic E-state index is 0.170. The smallest absolute Gasteiger partial charge is 0.325 e. The summed E-state index contributed by atoms with van der Waals surface area (Å²) in [7, 11) is 0. The molecule has 1 aromatic carbocycles. The van der Waals surface area contributed by atoms with Crippen LogP contribution in [0.25, 0.3) is 21.5 Å². The Morgan fingerprint density at radius 2 is 2.06 bits per heavy atom. The van der Waals surface area contributed by atoms with Gasteiger partial charge < -0.3 is 14.6 Å². The predicted octanol–water partition coefficient (Wildman–Crippen LogP) is 3.91. The lowest BCUT2D eigenvalue weighted by atomic mass is 10.2. The third kappa shape index (κ3) is 5.07. The first-order valence-corrected chi connectivity index (χ1v) is 10.6. The van der Waals surface area contributed by atoms with Crippen molar-refractivity contribution in [2.75, 3.05) is 13.2 Å². The highest BCUT2D eigenvalue weighted by Gasteiger charge is 2.17. The van der Waals surface area contributed by atoms with Crippen LogP contribution < -0.4 is 5.32 Å². The summed E-state index contributed by atoms with van der Waals surface area (Å²) < 4.78 is 11.3. The number of hydrogen-bond donors (Lipinski definition) is 1. The second kappa shape index (κ2) is 9.67. The molecule has 0 aliphatic rings. The van der Waals surface area contributed by atoms with Crippen molar-refractivity contribution in [1.82, 2.24) is 20.4 Å². The van der Waals surface area contributed by atoms with Gasteiger partial charge in [-0.1, -0.05) is 35.0 Å². The fraction of sp³-hybridized carbons (Fsp3) is 0.190. The number of fused-ring (bicyclic) bond motifs is 1. The average molecular weight is 457 g/mol. The molecule has 158 valence electrons. The number of hydrogen-bond acceptors (Lipinski definition) is 8. The number of nitrogens with one attached hydrogen (secondary N) is 1. The zero-order chi connectivity index (χ0) is 21.6. The van der Waals surface area contributed by atoms with E-state index in [0.717, 1.165) is 15.6 Å². The van der Waals surface area contributed by atoms with Gasteiger partial charge in [0.1, 0.15) is 11.4 Å². The number of carbonyl (C=O) groups is 2. The standard InChI is InChI=1S/C21H17ClN4O4S/c22-18-14-6-1-2-7-15(14)31-19(18)21(28)24-12-17(27)29-10-4-8-16-25-20(26-30-16)13-5-3-9-23-11-13/h1-3,5-7,9,11H,4,8,10,12H2,(H,24,28). The summed E-state index contributed by atoms with van der Waals surface area (Å²) in [5, 5.41) is 7.66. The number of esters is 1. The van der Waals surface area contributed by atoms with Gasteiger partial charge >= 0.3 is 5.97 Å². The zero-order valence-electron chi connectivity index (χ0n) is 16.2. The Labute approximate surface area is 186 Å². The van der Waals surface area contributed by atoms with E-state index in [-0.39, 0.29) is 13.2 Å². The van der Waals surface area contributed by atoms with Gasteiger partial charge in [0.25, 0.3) is 5.91 Å². The number of aryl methyl sites for hydroxylation is 1. The van der Waals surface area contributed by atoms with E-state index in [1.54, 1.807) is 18.5 Å². The van der Waals surface area contributed by atoms with Crippen LogP contribution in [0.5, 0.6) is 0 Å². The number of pyridine rings is 1. The van der Waals surface area contributed by atoms with Gasteiger partial charge in [-0.3, -0.25) is 14.6 Å². The van der Waals surface area contributed by atoms with Gasteiger partial charge in [-0.2, -0.15) is 4.98 Å². The first-order valence-electron chi connectivity index (χ1n) is 9.45. The van der Waals surface area contributed by atoms with Crippen LogP contribution in [-0.4, -0.2) is 40.2 Å². The third-order valence-electron chi connectivity index (χ3n) is 4.32. The van der Waals surface area contributed by atoms with Crippen molar-refractivity contribution in [2.24, 2.45) is 0 Å². The van der Waals surface area contributed by atoms with E-state index in [1.807, 2.05) is 30.3 Å². The molecule has 0 radical (unpaired) electrons. The maximum Gasteiger partial charge on any atom is 0.325 e. The Balaban J connectivity index is 1.20. The molecule has 0 saturated carbocycles. The highest BCUT2D eigenvalue weighted by atomic mass is 35.5. The minimum Gasteiger partial charge on any atom is -0.464 e. The number of aromatic nitrogens is 3. The van der Waals surface area contributed by atoms with Crippen LogP contribution in [-0.2, 0) is 16.0 Å². The summed E-state index contributed by atoms with van der Waals surface area (Å²) in [6.45, 7) is -0.0714. The number of amides is 1. The minimum atomic E-state index is -0.535. The largest absolute Gasteiger partial charge is 0.464 e. The molecule has 0 fully saturated rings. The summed E-state index contributed by atoms with van der Waals surface area (Å²) >= 11 is 7.56. The molecule has 0 bridgehead atoms. The van der Waals surface area contributed by atoms with Gasteiger partial charge in [0.05, 0.1) is 11.6 Å².